The lowest BCUT2D eigenvalue weighted by Gasteiger charge is -2.23. The van der Waals surface area contributed by atoms with Crippen LogP contribution in [0.4, 0.5) is 10.1 Å². The van der Waals surface area contributed by atoms with E-state index in [0.29, 0.717) is 12.4 Å². The number of hydrogen-bond donors (Lipinski definition) is 2. The fourth-order valence-corrected chi connectivity index (χ4v) is 3.12. The maximum Gasteiger partial charge on any atom is 0.276 e. The first-order valence-electron chi connectivity index (χ1n) is 9.74. The third-order valence-electron chi connectivity index (χ3n) is 4.77. The Hall–Kier alpha value is -4.02. The first-order valence-corrected chi connectivity index (χ1v) is 9.74. The van der Waals surface area contributed by atoms with Crippen LogP contribution in [0.1, 0.15) is 11.5 Å². The van der Waals surface area contributed by atoms with E-state index in [2.05, 4.69) is 15.2 Å². The lowest BCUT2D eigenvalue weighted by atomic mass is 10.1. The quantitative estimate of drug-likeness (QED) is 0.320. The van der Waals surface area contributed by atoms with Crippen molar-refractivity contribution < 1.29 is 13.7 Å². The highest BCUT2D eigenvalue weighted by molar-refractivity contribution is 5.67. The van der Waals surface area contributed by atoms with Crippen LogP contribution in [0, 0.1) is 5.82 Å². The highest BCUT2D eigenvalue weighted by Gasteiger charge is 2.20. The fraction of sp³-hybridized carbons (Fsp3) is 0.136. The molecule has 9 nitrogen and oxygen atoms in total. The number of para-hydroxylation sites is 1. The van der Waals surface area contributed by atoms with E-state index >= 15 is 0 Å². The van der Waals surface area contributed by atoms with Crippen LogP contribution in [0.15, 0.2) is 77.2 Å². The lowest BCUT2D eigenvalue weighted by molar-refractivity contribution is 0.223. The van der Waals surface area contributed by atoms with Crippen molar-refractivity contribution in [3.8, 4) is 11.4 Å². The van der Waals surface area contributed by atoms with Gasteiger partial charge in [0, 0.05) is 25.1 Å². The summed E-state index contributed by atoms with van der Waals surface area (Å²) in [4.78, 5) is 4.38. The smallest absolute Gasteiger partial charge is 0.276 e. The van der Waals surface area contributed by atoms with Gasteiger partial charge in [-0.15, -0.1) is 0 Å². The Balaban J connectivity index is 1.59. The maximum absolute atomic E-state index is 14.2. The summed E-state index contributed by atoms with van der Waals surface area (Å²) < 4.78 is 26.6. The Morgan fingerprint density at radius 1 is 1.16 bits per heavy atom. The molecule has 2 heterocycles. The van der Waals surface area contributed by atoms with Gasteiger partial charge in [0.05, 0.1) is 24.5 Å². The molecule has 0 radical (unpaired) electrons. The Morgan fingerprint density at radius 2 is 1.94 bits per heavy atom. The molecule has 10 heteroatoms. The van der Waals surface area contributed by atoms with E-state index in [1.54, 1.807) is 18.3 Å². The maximum atomic E-state index is 14.2. The van der Waals surface area contributed by atoms with E-state index in [1.165, 1.54) is 19.2 Å². The van der Waals surface area contributed by atoms with Crippen molar-refractivity contribution in [3.63, 3.8) is 0 Å². The predicted octanol–water partition coefficient (Wildman–Crippen LogP) is 2.77. The molecule has 164 valence electrons. The van der Waals surface area contributed by atoms with Crippen molar-refractivity contribution in [1.29, 1.82) is 0 Å². The second kappa shape index (κ2) is 9.41. The molecule has 0 aliphatic heterocycles. The van der Waals surface area contributed by atoms with Crippen LogP contribution in [-0.2, 0) is 11.3 Å². The summed E-state index contributed by atoms with van der Waals surface area (Å²) in [5.41, 5.74) is 8.59. The lowest BCUT2D eigenvalue weighted by Crippen LogP contribution is -2.35. The molecule has 0 saturated carbocycles. The molecule has 2 aromatic heterocycles. The Labute approximate surface area is 183 Å². The fourth-order valence-electron chi connectivity index (χ4n) is 3.12. The Kier molecular flexibility index (Phi) is 6.24. The molecule has 0 fully saturated rings. The van der Waals surface area contributed by atoms with Crippen LogP contribution in [0.2, 0.25) is 0 Å². The van der Waals surface area contributed by atoms with Gasteiger partial charge in [-0.2, -0.15) is 10.1 Å². The minimum absolute atomic E-state index is 0.0104. The second-order valence-electron chi connectivity index (χ2n) is 6.94. The summed E-state index contributed by atoms with van der Waals surface area (Å²) in [6, 6.07) is 15.6. The summed E-state index contributed by atoms with van der Waals surface area (Å²) in [5, 5.41) is 9.32. The van der Waals surface area contributed by atoms with Gasteiger partial charge < -0.3 is 15.0 Å². The van der Waals surface area contributed by atoms with Gasteiger partial charge in [-0.1, -0.05) is 41.6 Å². The molecule has 4 N–H and O–H groups in total. The predicted molar refractivity (Wildman–Crippen MR) is 117 cm³/mol. The molecule has 2 aromatic carbocycles. The van der Waals surface area contributed by atoms with Crippen molar-refractivity contribution in [3.05, 3.63) is 90.0 Å². The molecule has 32 heavy (non-hydrogen) atoms. The third kappa shape index (κ3) is 4.51. The van der Waals surface area contributed by atoms with Gasteiger partial charge in [0.15, 0.2) is 0 Å². The number of hydrazine groups is 1. The molecule has 0 saturated heterocycles. The molecular weight excluding hydrogens is 413 g/mol. The zero-order valence-corrected chi connectivity index (χ0v) is 17.4. The number of benzene rings is 2. The number of halogens is 1. The van der Waals surface area contributed by atoms with Gasteiger partial charge in [0.2, 0.25) is 5.82 Å². The highest BCUT2D eigenvalue weighted by atomic mass is 19.1. The largest absolute Gasteiger partial charge is 0.393 e. The number of aromatic nitrogens is 4. The average Bonchev–Trinajstić information content (AvgIpc) is 3.50. The summed E-state index contributed by atoms with van der Waals surface area (Å²) in [7, 11) is 1.48. The number of rotatable bonds is 8. The van der Waals surface area contributed by atoms with Crippen LogP contribution in [0.25, 0.3) is 17.1 Å². The molecule has 0 spiro atoms. The molecule has 0 aliphatic rings. The minimum atomic E-state index is -0.502. The van der Waals surface area contributed by atoms with Crippen LogP contribution >= 0.6 is 0 Å². The molecule has 0 unspecified atom stereocenters. The molecular formula is C22H22FN7O2. The molecule has 4 rings (SSSR count). The molecule has 0 bridgehead atoms. The zero-order valence-electron chi connectivity index (χ0n) is 17.4. The first-order chi connectivity index (χ1) is 15.6. The minimum Gasteiger partial charge on any atom is -0.393 e. The monoisotopic (exact) mass is 435 g/mol. The van der Waals surface area contributed by atoms with E-state index in [0.717, 1.165) is 16.1 Å². The highest BCUT2D eigenvalue weighted by Crippen LogP contribution is 2.24. The van der Waals surface area contributed by atoms with Crippen molar-refractivity contribution in [1.82, 2.24) is 19.9 Å². The van der Waals surface area contributed by atoms with Crippen molar-refractivity contribution in [2.45, 2.75) is 6.54 Å². The number of ether oxygens (including phenoxy) is 1. The Morgan fingerprint density at radius 3 is 2.62 bits per heavy atom. The standard InChI is InChI=1S/C22H22FN7O2/c1-31-14-19(30(25)18-6-3-2-5-17(18)23)20(24)22-27-21(28-32-22)16-9-7-15(8-10-16)13-29-12-4-11-26-29/h2-12H,13-14,24-25H2,1H3/b20-19-. The van der Waals surface area contributed by atoms with Crippen LogP contribution in [-0.4, -0.2) is 33.6 Å². The van der Waals surface area contributed by atoms with Crippen LogP contribution in [0.3, 0.4) is 0 Å². The molecule has 0 atom stereocenters. The van der Waals surface area contributed by atoms with Crippen molar-refractivity contribution >= 4 is 11.4 Å². The van der Waals surface area contributed by atoms with E-state index < -0.39 is 5.82 Å². The van der Waals surface area contributed by atoms with Crippen LogP contribution in [0.5, 0.6) is 0 Å². The third-order valence-corrected chi connectivity index (χ3v) is 4.77. The second-order valence-corrected chi connectivity index (χ2v) is 6.94. The first kappa shape index (κ1) is 21.2. The Bertz CT molecular complexity index is 1200. The molecule has 4 aromatic rings. The number of nitrogens with zero attached hydrogens (tertiary/aromatic N) is 5. The van der Waals surface area contributed by atoms with Crippen molar-refractivity contribution in [2.75, 3.05) is 18.7 Å². The number of nitrogens with two attached hydrogens (primary N) is 2. The summed E-state index contributed by atoms with van der Waals surface area (Å²) in [6.07, 6.45) is 3.63. The molecule has 0 amide bonds. The van der Waals surface area contributed by atoms with Crippen molar-refractivity contribution in [2.24, 2.45) is 11.6 Å². The van der Waals surface area contributed by atoms with Gasteiger partial charge in [-0.3, -0.25) is 9.69 Å². The number of hydrogen-bond acceptors (Lipinski definition) is 8. The number of methoxy groups -OCH3 is 1. The van der Waals surface area contributed by atoms with Crippen LogP contribution < -0.4 is 16.6 Å². The normalized spacial score (nSPS) is 12.0. The van der Waals surface area contributed by atoms with E-state index in [9.17, 15) is 4.39 Å². The van der Waals surface area contributed by atoms with Gasteiger partial charge in [-0.25, -0.2) is 10.2 Å². The van der Waals surface area contributed by atoms with E-state index in [4.69, 9.17) is 20.8 Å². The topological polar surface area (TPSA) is 121 Å². The van der Waals surface area contributed by atoms with E-state index in [1.807, 2.05) is 41.2 Å². The van der Waals surface area contributed by atoms with Gasteiger partial charge in [0.1, 0.15) is 11.5 Å². The van der Waals surface area contributed by atoms with E-state index in [-0.39, 0.29) is 29.6 Å². The number of anilines is 1. The molecule has 0 aliphatic carbocycles. The summed E-state index contributed by atoms with van der Waals surface area (Å²) in [5.74, 6) is 6.05. The summed E-state index contributed by atoms with van der Waals surface area (Å²) >= 11 is 0. The average molecular weight is 435 g/mol. The van der Waals surface area contributed by atoms with Gasteiger partial charge in [0.25, 0.3) is 5.89 Å². The van der Waals surface area contributed by atoms with Gasteiger partial charge in [-0.05, 0) is 23.8 Å². The SMILES string of the molecule is COC/C(=C(/N)c1nc(-c2ccc(Cn3cccn3)cc2)no1)N(N)c1ccccc1F. The summed E-state index contributed by atoms with van der Waals surface area (Å²) in [6.45, 7) is 0.666. The zero-order chi connectivity index (χ0) is 22.5. The van der Waals surface area contributed by atoms with Gasteiger partial charge >= 0.3 is 0 Å².